The third-order valence-electron chi connectivity index (χ3n) is 6.48. The molecule has 1 amide bonds. The molecular weight excluding hydrogens is 436 g/mol. The molecule has 31 heavy (non-hydrogen) atoms. The van der Waals surface area contributed by atoms with Crippen LogP contribution in [0.1, 0.15) is 31.4 Å². The Hall–Kier alpha value is -2.10. The van der Waals surface area contributed by atoms with Crippen molar-refractivity contribution >= 4 is 46.8 Å². The maximum atomic E-state index is 15.3. The Balaban J connectivity index is 1.47. The number of aromatic amines is 1. The number of nitrogens with one attached hydrogen (secondary N) is 1. The minimum Gasteiger partial charge on any atom is -0.371 e. The van der Waals surface area contributed by atoms with Gasteiger partial charge in [0.15, 0.2) is 0 Å². The van der Waals surface area contributed by atoms with Gasteiger partial charge in [-0.25, -0.2) is 13.8 Å². The molecule has 2 aliphatic heterocycles. The van der Waals surface area contributed by atoms with Crippen molar-refractivity contribution in [3.63, 3.8) is 0 Å². The minimum absolute atomic E-state index is 0.0542. The molecule has 0 saturated carbocycles. The first-order valence-electron chi connectivity index (χ1n) is 10.3. The number of hydrogen-bond donors (Lipinski definition) is 1. The zero-order chi connectivity index (χ0) is 21.9. The van der Waals surface area contributed by atoms with Crippen LogP contribution in [0.2, 0.25) is 0 Å². The van der Waals surface area contributed by atoms with Gasteiger partial charge in [0.1, 0.15) is 11.6 Å². The number of amides is 1. The standard InChI is InChI=1S/C22H24F2N4OP2/c1-12-20(28(21(12)29)13-2-3-17-18(10-13)26-11-25-17)19-15(23)8-14(9-16(19)24)27-6-4-22(30,31)5-7-27/h2-3,8-12,20H,4-7,30-31H2,1H3,(H,25,26). The van der Waals surface area contributed by atoms with Crippen LogP contribution in [0.15, 0.2) is 36.7 Å². The average molecular weight is 460 g/mol. The Bertz CT molecular complexity index is 1150. The molecule has 0 spiro atoms. The number of imidazole rings is 1. The van der Waals surface area contributed by atoms with Gasteiger partial charge < -0.3 is 14.8 Å². The number of anilines is 2. The molecule has 5 nitrogen and oxygen atoms in total. The third kappa shape index (κ3) is 3.52. The van der Waals surface area contributed by atoms with Crippen molar-refractivity contribution in [2.75, 3.05) is 22.9 Å². The predicted octanol–water partition coefficient (Wildman–Crippen LogP) is 4.61. The van der Waals surface area contributed by atoms with Crippen LogP contribution in [0.4, 0.5) is 20.2 Å². The van der Waals surface area contributed by atoms with Gasteiger partial charge in [-0.3, -0.25) is 4.79 Å². The van der Waals surface area contributed by atoms with Crippen LogP contribution in [0, 0.1) is 17.6 Å². The molecular formula is C22H24F2N4OP2. The fourth-order valence-corrected chi connectivity index (χ4v) is 5.10. The number of benzene rings is 2. The van der Waals surface area contributed by atoms with E-state index in [0.29, 0.717) is 16.9 Å². The van der Waals surface area contributed by atoms with Gasteiger partial charge in [0, 0.05) is 34.9 Å². The van der Waals surface area contributed by atoms with Crippen molar-refractivity contribution in [3.05, 3.63) is 53.9 Å². The number of nitrogens with zero attached hydrogens (tertiary/aromatic N) is 3. The zero-order valence-corrected chi connectivity index (χ0v) is 19.4. The third-order valence-corrected chi connectivity index (χ3v) is 7.64. The summed E-state index contributed by atoms with van der Waals surface area (Å²) in [6.45, 7) is 3.18. The summed E-state index contributed by atoms with van der Waals surface area (Å²) >= 11 is 0. The molecule has 0 radical (unpaired) electrons. The van der Waals surface area contributed by atoms with Gasteiger partial charge in [-0.05, 0) is 43.2 Å². The molecule has 2 fully saturated rings. The monoisotopic (exact) mass is 460 g/mol. The summed E-state index contributed by atoms with van der Waals surface area (Å²) in [7, 11) is 5.69. The van der Waals surface area contributed by atoms with Crippen LogP contribution in [-0.4, -0.2) is 33.9 Å². The Morgan fingerprint density at radius 2 is 1.77 bits per heavy atom. The fourth-order valence-electron chi connectivity index (χ4n) is 4.59. The average Bonchev–Trinajstić information content (AvgIpc) is 3.20. The van der Waals surface area contributed by atoms with Gasteiger partial charge in [0.05, 0.1) is 29.3 Å². The first kappa shape index (κ1) is 20.8. The molecule has 4 atom stereocenters. The molecule has 1 N–H and O–H groups in total. The lowest BCUT2D eigenvalue weighted by molar-refractivity contribution is -0.129. The zero-order valence-electron chi connectivity index (χ0n) is 17.1. The van der Waals surface area contributed by atoms with E-state index in [0.717, 1.165) is 31.4 Å². The van der Waals surface area contributed by atoms with Gasteiger partial charge in [-0.1, -0.05) is 6.92 Å². The highest BCUT2D eigenvalue weighted by atomic mass is 31.1. The SMILES string of the molecule is CC1C(=O)N(c2ccc3[nH]cnc3c2)C1c1c(F)cc(N2CCC(P)(P)CC2)cc1F. The fraction of sp³-hybridized carbons (Fsp3) is 0.364. The molecule has 9 heteroatoms. The highest BCUT2D eigenvalue weighted by Crippen LogP contribution is 2.46. The molecule has 4 unspecified atom stereocenters. The van der Waals surface area contributed by atoms with E-state index < -0.39 is 23.6 Å². The normalized spacial score (nSPS) is 23.3. The number of H-pyrrole nitrogens is 1. The molecule has 2 aliphatic rings. The number of rotatable bonds is 3. The van der Waals surface area contributed by atoms with E-state index in [9.17, 15) is 4.79 Å². The number of hydrogen-bond acceptors (Lipinski definition) is 3. The quantitative estimate of drug-likeness (QED) is 0.459. The van der Waals surface area contributed by atoms with Gasteiger partial charge >= 0.3 is 0 Å². The van der Waals surface area contributed by atoms with E-state index in [4.69, 9.17) is 0 Å². The Morgan fingerprint density at radius 3 is 2.45 bits per heavy atom. The summed E-state index contributed by atoms with van der Waals surface area (Å²) in [6.07, 6.45) is 3.39. The molecule has 162 valence electrons. The highest BCUT2D eigenvalue weighted by Gasteiger charge is 2.48. The summed E-state index contributed by atoms with van der Waals surface area (Å²) in [4.78, 5) is 23.5. The smallest absolute Gasteiger partial charge is 0.232 e. The second-order valence-corrected chi connectivity index (χ2v) is 11.6. The van der Waals surface area contributed by atoms with Gasteiger partial charge in [0.2, 0.25) is 5.91 Å². The Labute approximate surface area is 184 Å². The Kier molecular flexibility index (Phi) is 5.02. The Morgan fingerprint density at radius 1 is 1.10 bits per heavy atom. The molecule has 0 bridgehead atoms. The second kappa shape index (κ2) is 7.50. The number of piperidine rings is 1. The van der Waals surface area contributed by atoms with Gasteiger partial charge in [0.25, 0.3) is 0 Å². The lowest BCUT2D eigenvalue weighted by Gasteiger charge is -2.46. The summed E-state index contributed by atoms with van der Waals surface area (Å²) in [6, 6.07) is 7.47. The lowest BCUT2D eigenvalue weighted by Crippen LogP contribution is -2.54. The van der Waals surface area contributed by atoms with E-state index in [1.807, 2.05) is 11.0 Å². The van der Waals surface area contributed by atoms with E-state index in [1.54, 1.807) is 25.4 Å². The number of carbonyl (C=O) groups is 1. The number of carbonyl (C=O) groups excluding carboxylic acids is 1. The molecule has 5 rings (SSSR count). The lowest BCUT2D eigenvalue weighted by atomic mass is 9.82. The van der Waals surface area contributed by atoms with E-state index >= 15 is 8.78 Å². The molecule has 2 saturated heterocycles. The molecule has 1 aromatic heterocycles. The number of aromatic nitrogens is 2. The molecule has 2 aromatic carbocycles. The summed E-state index contributed by atoms with van der Waals surface area (Å²) in [5.74, 6) is -1.89. The van der Waals surface area contributed by atoms with Crippen LogP contribution < -0.4 is 9.80 Å². The highest BCUT2D eigenvalue weighted by molar-refractivity contribution is 7.39. The number of halogens is 2. The summed E-state index contributed by atoms with van der Waals surface area (Å²) in [5, 5.41) is 0. The van der Waals surface area contributed by atoms with Crippen LogP contribution >= 0.6 is 18.5 Å². The van der Waals surface area contributed by atoms with Crippen molar-refractivity contribution in [3.8, 4) is 0 Å². The van der Waals surface area contributed by atoms with Gasteiger partial charge in [-0.2, -0.15) is 0 Å². The van der Waals surface area contributed by atoms with Crippen LogP contribution in [-0.2, 0) is 4.79 Å². The van der Waals surface area contributed by atoms with Crippen molar-refractivity contribution in [2.45, 2.75) is 30.7 Å². The summed E-state index contributed by atoms with van der Waals surface area (Å²) < 4.78 is 30.5. The molecule has 3 aromatic rings. The largest absolute Gasteiger partial charge is 0.371 e. The maximum Gasteiger partial charge on any atom is 0.232 e. The van der Waals surface area contributed by atoms with Crippen molar-refractivity contribution in [2.24, 2.45) is 5.92 Å². The van der Waals surface area contributed by atoms with Crippen molar-refractivity contribution < 1.29 is 13.6 Å². The number of β-lactam (4-membered cyclic amide) rings is 1. The topological polar surface area (TPSA) is 52.2 Å². The van der Waals surface area contributed by atoms with Crippen LogP contribution in [0.25, 0.3) is 11.0 Å². The first-order valence-corrected chi connectivity index (χ1v) is 11.5. The molecule has 3 heterocycles. The van der Waals surface area contributed by atoms with Crippen LogP contribution in [0.5, 0.6) is 0 Å². The van der Waals surface area contributed by atoms with Crippen LogP contribution in [0.3, 0.4) is 0 Å². The predicted molar refractivity (Wildman–Crippen MR) is 125 cm³/mol. The van der Waals surface area contributed by atoms with Crippen molar-refractivity contribution in [1.82, 2.24) is 9.97 Å². The maximum absolute atomic E-state index is 15.3. The minimum atomic E-state index is -0.689. The van der Waals surface area contributed by atoms with E-state index in [-0.39, 0.29) is 16.4 Å². The first-order chi connectivity index (χ1) is 14.7. The van der Waals surface area contributed by atoms with E-state index in [2.05, 4.69) is 28.4 Å². The van der Waals surface area contributed by atoms with E-state index in [1.165, 1.54) is 17.0 Å². The van der Waals surface area contributed by atoms with Gasteiger partial charge in [-0.15, -0.1) is 18.5 Å². The van der Waals surface area contributed by atoms with Crippen molar-refractivity contribution in [1.29, 1.82) is 0 Å². The second-order valence-electron chi connectivity index (χ2n) is 8.59. The number of fused-ring (bicyclic) bond motifs is 1. The molecule has 0 aliphatic carbocycles. The summed E-state index contributed by atoms with van der Waals surface area (Å²) in [5.41, 5.74) is 2.62.